The Balaban J connectivity index is 1.04. The van der Waals surface area contributed by atoms with E-state index in [1.807, 2.05) is 48.5 Å². The van der Waals surface area contributed by atoms with E-state index in [0.29, 0.717) is 58.0 Å². The molecule has 2 aromatic rings. The quantitative estimate of drug-likeness (QED) is 0.0874. The van der Waals surface area contributed by atoms with Crippen LogP contribution in [0.25, 0.3) is 0 Å². The van der Waals surface area contributed by atoms with Crippen LogP contribution in [-0.2, 0) is 34.4 Å². The number of rotatable bonds is 18. The number of phosphoric acid groups is 1. The number of hydrogen-bond acceptors (Lipinski definition) is 9. The summed E-state index contributed by atoms with van der Waals surface area (Å²) in [5.41, 5.74) is 3.67. The van der Waals surface area contributed by atoms with Gasteiger partial charge in [0.2, 0.25) is 11.8 Å². The first-order chi connectivity index (χ1) is 23.6. The van der Waals surface area contributed by atoms with Gasteiger partial charge in [-0.05, 0) is 43.4 Å². The fourth-order valence-corrected chi connectivity index (χ4v) is 6.61. The van der Waals surface area contributed by atoms with E-state index in [1.165, 1.54) is 4.90 Å². The van der Waals surface area contributed by atoms with Crippen molar-refractivity contribution in [2.45, 2.75) is 82.6 Å². The van der Waals surface area contributed by atoms with E-state index in [4.69, 9.17) is 14.4 Å². The number of phosphoric ester groups is 1. The Bertz CT molecular complexity index is 1530. The van der Waals surface area contributed by atoms with Gasteiger partial charge in [0.25, 0.3) is 0 Å². The number of aliphatic hydroxyl groups excluding tert-OH is 2. The van der Waals surface area contributed by atoms with Gasteiger partial charge in [0.15, 0.2) is 0 Å². The van der Waals surface area contributed by atoms with Crippen LogP contribution in [0.4, 0.5) is 4.79 Å². The molecule has 0 saturated carbocycles. The molecule has 0 aromatic heterocycles. The number of alkyl carbamates (subject to hydrolysis) is 1. The molecule has 4 rings (SSSR count). The van der Waals surface area contributed by atoms with Gasteiger partial charge < -0.3 is 35.4 Å². The lowest BCUT2D eigenvalue weighted by molar-refractivity contribution is -0.137. The predicted molar refractivity (Wildman–Crippen MR) is 180 cm³/mol. The zero-order valence-electron chi connectivity index (χ0n) is 27.6. The first-order valence-corrected chi connectivity index (χ1v) is 18.3. The molecule has 2 unspecified atom stereocenters. The van der Waals surface area contributed by atoms with Crippen LogP contribution in [0.2, 0.25) is 0 Å². The molecule has 49 heavy (non-hydrogen) atoms. The van der Waals surface area contributed by atoms with E-state index in [0.717, 1.165) is 28.7 Å². The zero-order chi connectivity index (χ0) is 35.1. The Morgan fingerprint density at radius 2 is 1.57 bits per heavy atom. The first-order valence-electron chi connectivity index (χ1n) is 16.8. The maximum absolute atomic E-state index is 12.7. The van der Waals surface area contributed by atoms with Crippen LogP contribution >= 0.6 is 7.82 Å². The molecule has 266 valence electrons. The molecule has 1 aliphatic heterocycles. The number of aliphatic hydroxyl groups is 2. The lowest BCUT2D eigenvalue weighted by Crippen LogP contribution is -2.37. The number of hydrogen-bond donors (Lipinski definition) is 5. The van der Waals surface area contributed by atoms with Crippen molar-refractivity contribution >= 4 is 25.7 Å². The Hall–Kier alpha value is -3.76. The van der Waals surface area contributed by atoms with E-state index in [-0.39, 0.29) is 31.2 Å². The summed E-state index contributed by atoms with van der Waals surface area (Å²) < 4.78 is 27.5. The SMILES string of the molecule is O=C(CCCCCNC(=O)OC1Cc2ccccc2C#Cc2ccccc21)NCCCCCC(=O)N1C[C@H](O)C[C@H]1OP(=O)(O)OCCO. The summed E-state index contributed by atoms with van der Waals surface area (Å²) in [6.45, 7) is 0.0375. The molecule has 0 bridgehead atoms. The van der Waals surface area contributed by atoms with Crippen molar-refractivity contribution in [3.8, 4) is 11.8 Å². The summed E-state index contributed by atoms with van der Waals surface area (Å²) in [5.74, 6) is 6.05. The van der Waals surface area contributed by atoms with Crippen molar-refractivity contribution in [1.82, 2.24) is 15.5 Å². The highest BCUT2D eigenvalue weighted by atomic mass is 31.2. The third-order valence-electron chi connectivity index (χ3n) is 8.20. The average Bonchev–Trinajstić information content (AvgIpc) is 3.44. The van der Waals surface area contributed by atoms with Gasteiger partial charge in [0, 0.05) is 62.0 Å². The van der Waals surface area contributed by atoms with E-state index in [2.05, 4.69) is 27.0 Å². The predicted octanol–water partition coefficient (Wildman–Crippen LogP) is 3.69. The third-order valence-corrected chi connectivity index (χ3v) is 9.22. The van der Waals surface area contributed by atoms with E-state index < -0.39 is 45.6 Å². The van der Waals surface area contributed by atoms with Gasteiger partial charge in [-0.3, -0.25) is 18.6 Å². The molecule has 1 aliphatic carbocycles. The van der Waals surface area contributed by atoms with Gasteiger partial charge in [-0.25, -0.2) is 9.36 Å². The Morgan fingerprint density at radius 3 is 2.35 bits per heavy atom. The number of carbonyl (C=O) groups excluding carboxylic acids is 3. The summed E-state index contributed by atoms with van der Waals surface area (Å²) in [5, 5.41) is 24.4. The Labute approximate surface area is 286 Å². The number of benzene rings is 2. The molecule has 0 radical (unpaired) electrons. The molecule has 14 heteroatoms. The third kappa shape index (κ3) is 12.6. The maximum Gasteiger partial charge on any atom is 0.474 e. The minimum absolute atomic E-state index is 0.0132. The van der Waals surface area contributed by atoms with Gasteiger partial charge in [-0.1, -0.05) is 61.1 Å². The monoisotopic (exact) mass is 699 g/mol. The van der Waals surface area contributed by atoms with Crippen LogP contribution in [-0.4, -0.2) is 83.1 Å². The standard InChI is InChI=1S/C35H46N3O10P/c39-21-22-46-49(44,45)48-34-24-29(40)25-38(34)33(42)16-4-2-9-19-36-32(41)15-3-1-10-20-37-35(43)47-31-23-28-13-6-5-11-26(28)17-18-27-12-7-8-14-30(27)31/h5-8,11-14,29,31,34,39-40H,1-4,9-10,15-16,19-25H2,(H,36,41)(H,37,43)(H,44,45)/t29-,31?,34-/m1/s1. The molecule has 4 atom stereocenters. The molecule has 2 aliphatic rings. The highest BCUT2D eigenvalue weighted by Gasteiger charge is 2.39. The topological polar surface area (TPSA) is 184 Å². The average molecular weight is 700 g/mol. The van der Waals surface area contributed by atoms with Crippen molar-refractivity contribution in [2.24, 2.45) is 0 Å². The lowest BCUT2D eigenvalue weighted by Gasteiger charge is -2.25. The summed E-state index contributed by atoms with van der Waals surface area (Å²) in [6.07, 6.45) is 2.16. The molecule has 1 fully saturated rings. The number of unbranched alkanes of at least 4 members (excludes halogenated alkanes) is 4. The Kier molecular flexibility index (Phi) is 15.1. The molecule has 2 aromatic carbocycles. The number of likely N-dealkylation sites (tertiary alicyclic amines) is 1. The second kappa shape index (κ2) is 19.4. The molecular formula is C35H46N3O10P. The van der Waals surface area contributed by atoms with Crippen molar-refractivity contribution in [3.63, 3.8) is 0 Å². The van der Waals surface area contributed by atoms with Crippen LogP contribution in [0.1, 0.15) is 86.1 Å². The highest BCUT2D eigenvalue weighted by molar-refractivity contribution is 7.47. The van der Waals surface area contributed by atoms with Crippen LogP contribution < -0.4 is 10.6 Å². The fourth-order valence-electron chi connectivity index (χ4n) is 5.73. The summed E-state index contributed by atoms with van der Waals surface area (Å²) in [4.78, 5) is 48.5. The first kappa shape index (κ1) is 38.0. The van der Waals surface area contributed by atoms with Crippen molar-refractivity contribution in [2.75, 3.05) is 32.8 Å². The molecule has 1 heterocycles. The number of ether oxygens (including phenoxy) is 1. The molecule has 1 saturated heterocycles. The van der Waals surface area contributed by atoms with Gasteiger partial charge in [-0.2, -0.15) is 0 Å². The van der Waals surface area contributed by atoms with E-state index in [9.17, 15) is 28.9 Å². The largest absolute Gasteiger partial charge is 0.474 e. The van der Waals surface area contributed by atoms with Crippen LogP contribution in [0.15, 0.2) is 48.5 Å². The number of nitrogens with one attached hydrogen (secondary N) is 2. The minimum atomic E-state index is -4.49. The van der Waals surface area contributed by atoms with Gasteiger partial charge in [0.05, 0.1) is 19.3 Å². The van der Waals surface area contributed by atoms with Gasteiger partial charge >= 0.3 is 13.9 Å². The second-order valence-electron chi connectivity index (χ2n) is 12.0. The Morgan fingerprint density at radius 1 is 0.898 bits per heavy atom. The van der Waals surface area contributed by atoms with Gasteiger partial charge in [-0.15, -0.1) is 0 Å². The highest BCUT2D eigenvalue weighted by Crippen LogP contribution is 2.46. The summed E-state index contributed by atoms with van der Waals surface area (Å²) >= 11 is 0. The van der Waals surface area contributed by atoms with Crippen LogP contribution in [0.5, 0.6) is 0 Å². The lowest BCUT2D eigenvalue weighted by atomic mass is 9.92. The fraction of sp³-hybridized carbons (Fsp3) is 0.514. The molecular weight excluding hydrogens is 653 g/mol. The van der Waals surface area contributed by atoms with E-state index >= 15 is 0 Å². The smallest absolute Gasteiger partial charge is 0.441 e. The minimum Gasteiger partial charge on any atom is -0.441 e. The number of amides is 3. The molecule has 5 N–H and O–H groups in total. The number of β-amino-alcohol motifs (C(OH)–C–C–N with tert-alkyl or cyclic N) is 1. The zero-order valence-corrected chi connectivity index (χ0v) is 28.4. The molecule has 0 spiro atoms. The maximum atomic E-state index is 12.7. The summed E-state index contributed by atoms with van der Waals surface area (Å²) in [7, 11) is -4.49. The van der Waals surface area contributed by atoms with Gasteiger partial charge in [0.1, 0.15) is 12.3 Å². The van der Waals surface area contributed by atoms with Crippen molar-refractivity contribution < 1.29 is 47.8 Å². The van der Waals surface area contributed by atoms with Crippen LogP contribution in [0.3, 0.4) is 0 Å². The summed E-state index contributed by atoms with van der Waals surface area (Å²) in [6, 6.07) is 15.6. The van der Waals surface area contributed by atoms with Crippen molar-refractivity contribution in [3.05, 3.63) is 70.8 Å². The number of carbonyl (C=O) groups is 3. The normalized spacial score (nSPS) is 19.2. The molecule has 3 amide bonds. The number of fused-ring (bicyclic) bond motifs is 2. The number of nitrogens with zero attached hydrogens (tertiary/aromatic N) is 1. The van der Waals surface area contributed by atoms with Crippen molar-refractivity contribution in [1.29, 1.82) is 0 Å². The van der Waals surface area contributed by atoms with Crippen LogP contribution in [0, 0.1) is 11.8 Å². The molecule has 13 nitrogen and oxygen atoms in total. The van der Waals surface area contributed by atoms with E-state index in [1.54, 1.807) is 0 Å². The second-order valence-corrected chi connectivity index (χ2v) is 13.4.